The SMILES string of the molecule is C1CCCCCCC1.C1CCCCCCC1.CC.CC.CC1CCCCCCC1.CC1CCCCCCC1.CC1CCCCCCC1.CCC. The lowest BCUT2D eigenvalue weighted by molar-refractivity contribution is 0.404. The Labute approximate surface area is 323 Å². The molecular formula is C50H106. The van der Waals surface area contributed by atoms with Gasteiger partial charge < -0.3 is 0 Å². The fourth-order valence-electron chi connectivity index (χ4n) is 7.81. The van der Waals surface area contributed by atoms with Crippen LogP contribution in [0.15, 0.2) is 0 Å². The molecule has 5 aliphatic rings. The molecule has 0 spiro atoms. The third-order valence-electron chi connectivity index (χ3n) is 11.2. The highest BCUT2D eigenvalue weighted by Gasteiger charge is 2.06. The summed E-state index contributed by atoms with van der Waals surface area (Å²) in [5.74, 6) is 3.06. The van der Waals surface area contributed by atoms with Crippen LogP contribution in [0.2, 0.25) is 0 Å². The molecule has 5 rings (SSSR count). The summed E-state index contributed by atoms with van der Waals surface area (Å²) in [6.45, 7) is 19.4. The lowest BCUT2D eigenvalue weighted by Gasteiger charge is -2.13. The first-order valence-electron chi connectivity index (χ1n) is 24.6. The summed E-state index contributed by atoms with van der Waals surface area (Å²) >= 11 is 0. The van der Waals surface area contributed by atoms with E-state index in [0.717, 1.165) is 17.8 Å². The molecule has 0 N–H and O–H groups in total. The fraction of sp³-hybridized carbons (Fsp3) is 1.00. The lowest BCUT2D eigenvalue weighted by Crippen LogP contribution is -1.97. The van der Waals surface area contributed by atoms with E-state index in [1.807, 2.05) is 27.7 Å². The van der Waals surface area contributed by atoms with E-state index in [-0.39, 0.29) is 0 Å². The summed E-state index contributed by atoms with van der Waals surface area (Å²) in [5.41, 5.74) is 0. The van der Waals surface area contributed by atoms with Gasteiger partial charge in [-0.1, -0.05) is 306 Å². The Morgan fingerprint density at radius 1 is 0.220 bits per heavy atom. The smallest absolute Gasteiger partial charge is 0.0443 e. The molecule has 0 aromatic rings. The van der Waals surface area contributed by atoms with Crippen molar-refractivity contribution < 1.29 is 0 Å². The second kappa shape index (κ2) is 51.1. The van der Waals surface area contributed by atoms with Crippen molar-refractivity contribution in [2.75, 3.05) is 0 Å². The summed E-state index contributed by atoms with van der Waals surface area (Å²) in [7, 11) is 0. The Bertz CT molecular complexity index is 387. The Morgan fingerprint density at radius 2 is 0.300 bits per heavy atom. The molecule has 5 fully saturated rings. The molecule has 5 aliphatic carbocycles. The second-order valence-electron chi connectivity index (χ2n) is 16.7. The van der Waals surface area contributed by atoms with E-state index in [9.17, 15) is 0 Å². The highest BCUT2D eigenvalue weighted by Crippen LogP contribution is 2.23. The molecule has 5 saturated carbocycles. The van der Waals surface area contributed by atoms with Crippen molar-refractivity contribution in [1.29, 1.82) is 0 Å². The van der Waals surface area contributed by atoms with Crippen molar-refractivity contribution in [3.8, 4) is 0 Å². The first kappa shape index (κ1) is 54.3. The third kappa shape index (κ3) is 50.1. The van der Waals surface area contributed by atoms with E-state index in [0.29, 0.717) is 0 Å². The van der Waals surface area contributed by atoms with Gasteiger partial charge >= 0.3 is 0 Å². The molecule has 306 valence electrons. The molecule has 0 aliphatic heterocycles. The number of hydrogen-bond acceptors (Lipinski definition) is 0. The average molecular weight is 707 g/mol. The van der Waals surface area contributed by atoms with Crippen molar-refractivity contribution in [3.63, 3.8) is 0 Å². The van der Waals surface area contributed by atoms with Crippen molar-refractivity contribution in [3.05, 3.63) is 0 Å². The lowest BCUT2D eigenvalue weighted by atomic mass is 9.93. The zero-order valence-electron chi connectivity index (χ0n) is 37.6. The van der Waals surface area contributed by atoms with Gasteiger partial charge in [-0.2, -0.15) is 0 Å². The maximum atomic E-state index is 2.39. The minimum Gasteiger partial charge on any atom is -0.0683 e. The standard InChI is InChI=1S/3C9H18.2C8H16.C3H8.2C2H6/c3*1-9-7-5-3-2-4-6-8-9;2*1-2-4-6-8-7-5-3-1;1-3-2;2*1-2/h3*9H,2-8H2,1H3;2*1-8H2;3H2,1-2H3;2*1-2H3. The first-order valence-corrected chi connectivity index (χ1v) is 24.6. The Kier molecular flexibility index (Phi) is 55.5. The molecule has 0 radical (unpaired) electrons. The maximum Gasteiger partial charge on any atom is -0.0443 e. The van der Waals surface area contributed by atoms with Gasteiger partial charge in [0.15, 0.2) is 0 Å². The van der Waals surface area contributed by atoms with Crippen LogP contribution >= 0.6 is 0 Å². The predicted molar refractivity (Wildman–Crippen MR) is 237 cm³/mol. The zero-order valence-corrected chi connectivity index (χ0v) is 37.6. The molecule has 0 bridgehead atoms. The highest BCUT2D eigenvalue weighted by molar-refractivity contribution is 4.60. The van der Waals surface area contributed by atoms with Crippen LogP contribution in [0.25, 0.3) is 0 Å². The third-order valence-corrected chi connectivity index (χ3v) is 11.2. The van der Waals surface area contributed by atoms with Gasteiger partial charge in [-0.05, 0) is 17.8 Å². The quantitative estimate of drug-likeness (QED) is 0.235. The van der Waals surface area contributed by atoms with Gasteiger partial charge in [-0.3, -0.25) is 0 Å². The van der Waals surface area contributed by atoms with E-state index in [1.165, 1.54) is 244 Å². The van der Waals surface area contributed by atoms with Gasteiger partial charge in [0, 0.05) is 0 Å². The molecule has 0 nitrogen and oxygen atoms in total. The molecule has 50 heavy (non-hydrogen) atoms. The molecule has 0 aromatic heterocycles. The van der Waals surface area contributed by atoms with Crippen LogP contribution in [0.3, 0.4) is 0 Å². The minimum atomic E-state index is 1.02. The van der Waals surface area contributed by atoms with E-state index in [1.54, 1.807) is 0 Å². The molecule has 0 aromatic carbocycles. The molecular weight excluding hydrogens is 601 g/mol. The zero-order chi connectivity index (χ0) is 37.6. The van der Waals surface area contributed by atoms with Crippen molar-refractivity contribution in [1.82, 2.24) is 0 Å². The Balaban J connectivity index is -0.000000528. The van der Waals surface area contributed by atoms with Gasteiger partial charge in [0.25, 0.3) is 0 Å². The van der Waals surface area contributed by atoms with Crippen LogP contribution in [0.4, 0.5) is 0 Å². The summed E-state index contributed by atoms with van der Waals surface area (Å²) < 4.78 is 0. The molecule has 0 heteroatoms. The largest absolute Gasteiger partial charge is 0.0683 e. The van der Waals surface area contributed by atoms with Crippen LogP contribution in [-0.2, 0) is 0 Å². The summed E-state index contributed by atoms with van der Waals surface area (Å²) in [6.07, 6.45) is 56.5. The Morgan fingerprint density at radius 3 is 0.400 bits per heavy atom. The summed E-state index contributed by atoms with van der Waals surface area (Å²) in [6, 6.07) is 0. The van der Waals surface area contributed by atoms with Gasteiger partial charge in [-0.15, -0.1) is 0 Å². The second-order valence-corrected chi connectivity index (χ2v) is 16.7. The van der Waals surface area contributed by atoms with Crippen LogP contribution < -0.4 is 0 Å². The monoisotopic (exact) mass is 707 g/mol. The number of rotatable bonds is 0. The molecule has 0 saturated heterocycles. The van der Waals surface area contributed by atoms with Gasteiger partial charge in [0.2, 0.25) is 0 Å². The average Bonchev–Trinajstić information content (AvgIpc) is 3.06. The van der Waals surface area contributed by atoms with Crippen molar-refractivity contribution >= 4 is 0 Å². The van der Waals surface area contributed by atoms with Crippen LogP contribution in [0.1, 0.15) is 306 Å². The van der Waals surface area contributed by atoms with Crippen molar-refractivity contribution in [2.24, 2.45) is 17.8 Å². The normalized spacial score (nSPS) is 21.8. The Hall–Kier alpha value is 0. The topological polar surface area (TPSA) is 0 Å². The van der Waals surface area contributed by atoms with Crippen LogP contribution in [0, 0.1) is 17.8 Å². The molecule has 0 unspecified atom stereocenters. The van der Waals surface area contributed by atoms with E-state index in [4.69, 9.17) is 0 Å². The predicted octanol–water partition coefficient (Wildman–Crippen LogP) is 19.8. The van der Waals surface area contributed by atoms with Gasteiger partial charge in [0.05, 0.1) is 0 Å². The van der Waals surface area contributed by atoms with E-state index < -0.39 is 0 Å². The molecule has 0 atom stereocenters. The van der Waals surface area contributed by atoms with E-state index in [2.05, 4.69) is 34.6 Å². The van der Waals surface area contributed by atoms with Gasteiger partial charge in [0.1, 0.15) is 0 Å². The van der Waals surface area contributed by atoms with E-state index >= 15 is 0 Å². The highest BCUT2D eigenvalue weighted by atomic mass is 14.1. The summed E-state index contributed by atoms with van der Waals surface area (Å²) in [4.78, 5) is 0. The molecule has 0 heterocycles. The van der Waals surface area contributed by atoms with Gasteiger partial charge in [-0.25, -0.2) is 0 Å². The fourth-order valence-corrected chi connectivity index (χ4v) is 7.81. The molecule has 0 amide bonds. The maximum absolute atomic E-state index is 2.39. The number of hydrogen-bond donors (Lipinski definition) is 0. The van der Waals surface area contributed by atoms with Crippen LogP contribution in [0.5, 0.6) is 0 Å². The minimum absolute atomic E-state index is 1.02. The van der Waals surface area contributed by atoms with Crippen LogP contribution in [-0.4, -0.2) is 0 Å². The summed E-state index contributed by atoms with van der Waals surface area (Å²) in [5, 5.41) is 0. The first-order chi connectivity index (χ1) is 24.6. The van der Waals surface area contributed by atoms with Crippen molar-refractivity contribution in [2.45, 2.75) is 306 Å².